The fourth-order valence-electron chi connectivity index (χ4n) is 2.23. The van der Waals surface area contributed by atoms with E-state index >= 15 is 0 Å². The van der Waals surface area contributed by atoms with Gasteiger partial charge in [0, 0.05) is 43.5 Å². The molecule has 2 aromatic rings. The van der Waals surface area contributed by atoms with Crippen molar-refractivity contribution in [3.8, 4) is 0 Å². The Labute approximate surface area is 125 Å². The average molecular weight is 286 g/mol. The molecule has 21 heavy (non-hydrogen) atoms. The maximum Gasteiger partial charge on any atom is 0.222 e. The van der Waals surface area contributed by atoms with Crippen molar-refractivity contribution in [3.05, 3.63) is 47.5 Å². The Bertz CT molecular complexity index is 606. The number of hydrogen-bond acceptors (Lipinski definition) is 3. The van der Waals surface area contributed by atoms with Crippen molar-refractivity contribution in [2.24, 2.45) is 0 Å². The van der Waals surface area contributed by atoms with Gasteiger partial charge in [-0.25, -0.2) is 0 Å². The van der Waals surface area contributed by atoms with Gasteiger partial charge in [-0.3, -0.25) is 14.5 Å². The van der Waals surface area contributed by atoms with Gasteiger partial charge >= 0.3 is 0 Å². The first-order valence-corrected chi connectivity index (χ1v) is 7.23. The van der Waals surface area contributed by atoms with E-state index < -0.39 is 0 Å². The molecule has 0 aromatic carbocycles. The molecule has 5 heteroatoms. The number of nitrogens with one attached hydrogen (secondary N) is 1. The van der Waals surface area contributed by atoms with E-state index in [0.29, 0.717) is 13.0 Å². The van der Waals surface area contributed by atoms with Crippen molar-refractivity contribution >= 4 is 5.91 Å². The van der Waals surface area contributed by atoms with E-state index in [9.17, 15) is 4.79 Å². The third kappa shape index (κ3) is 4.70. The maximum atomic E-state index is 11.9. The Morgan fingerprint density at radius 3 is 2.90 bits per heavy atom. The Balaban J connectivity index is 1.78. The highest BCUT2D eigenvalue weighted by molar-refractivity contribution is 5.76. The van der Waals surface area contributed by atoms with E-state index in [1.54, 1.807) is 17.1 Å². The number of rotatable bonds is 6. The summed E-state index contributed by atoms with van der Waals surface area (Å²) in [6.45, 7) is 6.64. The molecular formula is C16H22N4O. The zero-order valence-electron chi connectivity index (χ0n) is 12.8. The van der Waals surface area contributed by atoms with E-state index in [4.69, 9.17) is 0 Å². The molecule has 2 rings (SSSR count). The fourth-order valence-corrected chi connectivity index (χ4v) is 2.23. The van der Waals surface area contributed by atoms with Crippen LogP contribution in [0.3, 0.4) is 0 Å². The number of pyridine rings is 1. The van der Waals surface area contributed by atoms with E-state index in [-0.39, 0.29) is 11.9 Å². The summed E-state index contributed by atoms with van der Waals surface area (Å²) >= 11 is 0. The van der Waals surface area contributed by atoms with E-state index in [1.165, 1.54) is 0 Å². The van der Waals surface area contributed by atoms with Crippen LogP contribution in [0, 0.1) is 13.8 Å². The van der Waals surface area contributed by atoms with Crippen LogP contribution >= 0.6 is 0 Å². The molecular weight excluding hydrogens is 264 g/mol. The van der Waals surface area contributed by atoms with Gasteiger partial charge in [-0.2, -0.15) is 5.10 Å². The molecule has 0 aliphatic carbocycles. The predicted octanol–water partition coefficient (Wildman–Crippen LogP) is 2.03. The van der Waals surface area contributed by atoms with Gasteiger partial charge in [0.05, 0.1) is 6.20 Å². The molecule has 0 radical (unpaired) electrons. The topological polar surface area (TPSA) is 59.8 Å². The largest absolute Gasteiger partial charge is 0.353 e. The lowest BCUT2D eigenvalue weighted by Crippen LogP contribution is -2.34. The first-order chi connectivity index (χ1) is 10.0. The van der Waals surface area contributed by atoms with Gasteiger partial charge in [0.25, 0.3) is 0 Å². The molecule has 0 saturated heterocycles. The number of amides is 1. The smallest absolute Gasteiger partial charge is 0.222 e. The van der Waals surface area contributed by atoms with Crippen molar-refractivity contribution < 1.29 is 4.79 Å². The van der Waals surface area contributed by atoms with Crippen molar-refractivity contribution in [1.82, 2.24) is 20.1 Å². The van der Waals surface area contributed by atoms with Gasteiger partial charge in [0.15, 0.2) is 0 Å². The minimum absolute atomic E-state index is 0.0456. The van der Waals surface area contributed by atoms with Crippen molar-refractivity contribution in [1.29, 1.82) is 0 Å². The Hall–Kier alpha value is -2.17. The molecule has 0 unspecified atom stereocenters. The minimum Gasteiger partial charge on any atom is -0.353 e. The van der Waals surface area contributed by atoms with Crippen LogP contribution in [0.2, 0.25) is 0 Å². The third-order valence-electron chi connectivity index (χ3n) is 3.36. The highest BCUT2D eigenvalue weighted by Gasteiger charge is 2.10. The maximum absolute atomic E-state index is 11.9. The molecule has 0 fully saturated rings. The first kappa shape index (κ1) is 15.2. The number of aromatic nitrogens is 3. The second-order valence-electron chi connectivity index (χ2n) is 5.47. The molecule has 1 amide bonds. The summed E-state index contributed by atoms with van der Waals surface area (Å²) < 4.78 is 1.79. The lowest BCUT2D eigenvalue weighted by Gasteiger charge is -2.14. The van der Waals surface area contributed by atoms with Crippen LogP contribution < -0.4 is 5.32 Å². The summed E-state index contributed by atoms with van der Waals surface area (Å²) in [5, 5.41) is 7.19. The van der Waals surface area contributed by atoms with Crippen LogP contribution in [0.5, 0.6) is 0 Å². The molecule has 0 aliphatic heterocycles. The third-order valence-corrected chi connectivity index (χ3v) is 3.36. The van der Waals surface area contributed by atoms with Gasteiger partial charge in [0.2, 0.25) is 5.91 Å². The van der Waals surface area contributed by atoms with Crippen LogP contribution in [-0.2, 0) is 17.8 Å². The Morgan fingerprint density at radius 2 is 2.24 bits per heavy atom. The number of carbonyl (C=O) groups is 1. The van der Waals surface area contributed by atoms with Crippen molar-refractivity contribution in [2.75, 3.05) is 0 Å². The van der Waals surface area contributed by atoms with Gasteiger partial charge < -0.3 is 5.32 Å². The van der Waals surface area contributed by atoms with E-state index in [0.717, 1.165) is 23.2 Å². The van der Waals surface area contributed by atoms with Crippen LogP contribution in [-0.4, -0.2) is 26.7 Å². The van der Waals surface area contributed by atoms with Crippen LogP contribution in [0.25, 0.3) is 0 Å². The molecule has 0 bridgehead atoms. The van der Waals surface area contributed by atoms with Crippen molar-refractivity contribution in [2.45, 2.75) is 46.2 Å². The zero-order chi connectivity index (χ0) is 15.2. The monoisotopic (exact) mass is 286 g/mol. The molecule has 1 N–H and O–H groups in total. The molecule has 2 heterocycles. The van der Waals surface area contributed by atoms with E-state index in [2.05, 4.69) is 15.4 Å². The summed E-state index contributed by atoms with van der Waals surface area (Å²) in [6, 6.07) is 4.04. The lowest BCUT2D eigenvalue weighted by atomic mass is 10.1. The normalized spacial score (nSPS) is 12.1. The summed E-state index contributed by atoms with van der Waals surface area (Å²) in [7, 11) is 0. The molecule has 5 nitrogen and oxygen atoms in total. The second kappa shape index (κ2) is 7.02. The standard InChI is InChI=1S/C16H22N4O/c1-12-10-18-20(11-12)8-6-16(21)19-14(3)9-15-13(2)5-4-7-17-15/h4-5,7,10-11,14H,6,8-9H2,1-3H3,(H,19,21)/t14-/m1/s1. The molecule has 1 atom stereocenters. The molecule has 0 spiro atoms. The average Bonchev–Trinajstić information content (AvgIpc) is 2.85. The highest BCUT2D eigenvalue weighted by atomic mass is 16.1. The van der Waals surface area contributed by atoms with Gasteiger partial charge in [-0.15, -0.1) is 0 Å². The number of carbonyl (C=O) groups excluding carboxylic acids is 1. The summed E-state index contributed by atoms with van der Waals surface area (Å²) in [5.74, 6) is 0.0456. The Morgan fingerprint density at radius 1 is 1.43 bits per heavy atom. The Kier molecular flexibility index (Phi) is 5.09. The van der Waals surface area contributed by atoms with Gasteiger partial charge in [-0.05, 0) is 38.0 Å². The number of aryl methyl sites for hydroxylation is 3. The van der Waals surface area contributed by atoms with E-state index in [1.807, 2.05) is 39.1 Å². The quantitative estimate of drug-likeness (QED) is 0.884. The number of nitrogens with zero attached hydrogens (tertiary/aromatic N) is 3. The summed E-state index contributed by atoms with van der Waals surface area (Å²) in [4.78, 5) is 16.3. The minimum atomic E-state index is 0.0456. The molecule has 112 valence electrons. The van der Waals surface area contributed by atoms with Gasteiger partial charge in [-0.1, -0.05) is 6.07 Å². The predicted molar refractivity (Wildman–Crippen MR) is 81.9 cm³/mol. The second-order valence-corrected chi connectivity index (χ2v) is 5.47. The van der Waals surface area contributed by atoms with Crippen LogP contribution in [0.1, 0.15) is 30.2 Å². The molecule has 0 aliphatic rings. The highest BCUT2D eigenvalue weighted by Crippen LogP contribution is 2.06. The SMILES string of the molecule is Cc1cnn(CCC(=O)N[C@H](C)Cc2ncccc2C)c1. The fraction of sp³-hybridized carbons (Fsp3) is 0.438. The first-order valence-electron chi connectivity index (χ1n) is 7.23. The lowest BCUT2D eigenvalue weighted by molar-refractivity contribution is -0.121. The summed E-state index contributed by atoms with van der Waals surface area (Å²) in [5.41, 5.74) is 3.30. The van der Waals surface area contributed by atoms with Crippen molar-refractivity contribution in [3.63, 3.8) is 0 Å². The number of hydrogen-bond donors (Lipinski definition) is 1. The van der Waals surface area contributed by atoms with Crippen LogP contribution in [0.4, 0.5) is 0 Å². The van der Waals surface area contributed by atoms with Crippen LogP contribution in [0.15, 0.2) is 30.7 Å². The molecule has 0 saturated carbocycles. The van der Waals surface area contributed by atoms with Gasteiger partial charge in [0.1, 0.15) is 0 Å². The summed E-state index contributed by atoms with van der Waals surface area (Å²) in [6.07, 6.45) is 6.71. The zero-order valence-corrected chi connectivity index (χ0v) is 12.8. The molecule has 2 aromatic heterocycles.